The lowest BCUT2D eigenvalue weighted by Gasteiger charge is -2.13. The second-order valence-electron chi connectivity index (χ2n) is 6.15. The summed E-state index contributed by atoms with van der Waals surface area (Å²) >= 11 is 0. The van der Waals surface area contributed by atoms with Gasteiger partial charge in [-0.1, -0.05) is 26.0 Å². The first kappa shape index (κ1) is 17.3. The van der Waals surface area contributed by atoms with Crippen LogP contribution in [0, 0.1) is 19.8 Å². The van der Waals surface area contributed by atoms with Crippen LogP contribution in [-0.4, -0.2) is 17.4 Å². The number of amides is 1. The van der Waals surface area contributed by atoms with E-state index in [0.717, 1.165) is 29.3 Å². The van der Waals surface area contributed by atoms with Crippen LogP contribution in [0.25, 0.3) is 10.9 Å². The highest BCUT2D eigenvalue weighted by atomic mass is 16.2. The summed E-state index contributed by atoms with van der Waals surface area (Å²) in [5.74, 6) is 0.147. The van der Waals surface area contributed by atoms with Crippen LogP contribution in [0.1, 0.15) is 43.4 Å². The number of carbonyl (C=O) groups is 1. The van der Waals surface area contributed by atoms with Crippen LogP contribution < -0.4 is 10.9 Å². The number of hydrogen-bond acceptors (Lipinski definition) is 2. The van der Waals surface area contributed by atoms with Crippen molar-refractivity contribution in [3.63, 3.8) is 0 Å². The Morgan fingerprint density at radius 3 is 2.57 bits per heavy atom. The van der Waals surface area contributed by atoms with Crippen LogP contribution in [0.5, 0.6) is 0 Å². The number of H-pyrrole nitrogens is 1. The predicted octanol–water partition coefficient (Wildman–Crippen LogP) is 3.24. The molecular weight excluding hydrogens is 288 g/mol. The van der Waals surface area contributed by atoms with E-state index in [-0.39, 0.29) is 17.4 Å². The molecule has 2 aromatic rings. The molecule has 2 N–H and O–H groups in total. The Morgan fingerprint density at radius 2 is 1.91 bits per heavy atom. The topological polar surface area (TPSA) is 62.0 Å². The molecule has 0 saturated heterocycles. The Bertz CT molecular complexity index is 758. The molecule has 23 heavy (non-hydrogen) atoms. The van der Waals surface area contributed by atoms with E-state index in [9.17, 15) is 9.59 Å². The molecule has 1 aromatic carbocycles. The highest BCUT2D eigenvalue weighted by molar-refractivity contribution is 5.83. The SMILES string of the molecule is CCC(CC)C(=O)NCCc1cc2ccc(C)c(C)c2[nH]c1=O. The van der Waals surface area contributed by atoms with Crippen molar-refractivity contribution >= 4 is 16.8 Å². The molecule has 0 atom stereocenters. The summed E-state index contributed by atoms with van der Waals surface area (Å²) in [6.07, 6.45) is 2.24. The van der Waals surface area contributed by atoms with E-state index in [1.807, 2.05) is 39.8 Å². The molecule has 4 nitrogen and oxygen atoms in total. The van der Waals surface area contributed by atoms with E-state index in [1.165, 1.54) is 5.56 Å². The minimum Gasteiger partial charge on any atom is -0.356 e. The number of aromatic amines is 1. The number of hydrogen-bond donors (Lipinski definition) is 2. The van der Waals surface area contributed by atoms with E-state index in [4.69, 9.17) is 0 Å². The molecule has 0 aliphatic rings. The highest BCUT2D eigenvalue weighted by Crippen LogP contribution is 2.18. The van der Waals surface area contributed by atoms with Crippen LogP contribution in [0.2, 0.25) is 0 Å². The Morgan fingerprint density at radius 1 is 1.22 bits per heavy atom. The summed E-state index contributed by atoms with van der Waals surface area (Å²) in [5.41, 5.74) is 3.82. The monoisotopic (exact) mass is 314 g/mol. The number of pyridine rings is 1. The average molecular weight is 314 g/mol. The fraction of sp³-hybridized carbons (Fsp3) is 0.474. The van der Waals surface area contributed by atoms with Crippen molar-refractivity contribution in [3.8, 4) is 0 Å². The summed E-state index contributed by atoms with van der Waals surface area (Å²) in [5, 5.41) is 3.97. The van der Waals surface area contributed by atoms with Gasteiger partial charge >= 0.3 is 0 Å². The first-order valence-corrected chi connectivity index (χ1v) is 8.37. The van der Waals surface area contributed by atoms with Gasteiger partial charge in [-0.05, 0) is 55.7 Å². The number of rotatable bonds is 6. The molecule has 0 aliphatic carbocycles. The molecule has 4 heteroatoms. The van der Waals surface area contributed by atoms with Gasteiger partial charge in [0.15, 0.2) is 0 Å². The van der Waals surface area contributed by atoms with Crippen molar-refractivity contribution in [3.05, 3.63) is 45.2 Å². The van der Waals surface area contributed by atoms with Crippen molar-refractivity contribution in [2.45, 2.75) is 47.0 Å². The van der Waals surface area contributed by atoms with E-state index in [2.05, 4.69) is 16.4 Å². The Kier molecular flexibility index (Phi) is 5.59. The largest absolute Gasteiger partial charge is 0.356 e. The van der Waals surface area contributed by atoms with Gasteiger partial charge in [-0.3, -0.25) is 9.59 Å². The molecule has 1 amide bonds. The molecule has 0 fully saturated rings. The first-order chi connectivity index (χ1) is 11.0. The highest BCUT2D eigenvalue weighted by Gasteiger charge is 2.13. The molecule has 0 unspecified atom stereocenters. The molecule has 124 valence electrons. The van der Waals surface area contributed by atoms with E-state index in [0.29, 0.717) is 18.5 Å². The minimum absolute atomic E-state index is 0.0653. The zero-order valence-corrected chi connectivity index (χ0v) is 14.5. The number of aromatic nitrogens is 1. The van der Waals surface area contributed by atoms with Crippen LogP contribution in [0.3, 0.4) is 0 Å². The molecule has 0 saturated carbocycles. The van der Waals surface area contributed by atoms with Gasteiger partial charge in [0, 0.05) is 18.0 Å². The van der Waals surface area contributed by atoms with Gasteiger partial charge in [-0.15, -0.1) is 0 Å². The number of fused-ring (bicyclic) bond motifs is 1. The fourth-order valence-electron chi connectivity index (χ4n) is 2.88. The smallest absolute Gasteiger partial charge is 0.251 e. The average Bonchev–Trinajstić information content (AvgIpc) is 2.53. The molecule has 0 radical (unpaired) electrons. The zero-order valence-electron chi connectivity index (χ0n) is 14.5. The summed E-state index contributed by atoms with van der Waals surface area (Å²) in [6, 6.07) is 6.03. The van der Waals surface area contributed by atoms with Gasteiger partial charge in [0.25, 0.3) is 5.56 Å². The third-order valence-electron chi connectivity index (χ3n) is 4.68. The third kappa shape index (κ3) is 3.81. The molecule has 0 aliphatic heterocycles. The van der Waals surface area contributed by atoms with Crippen LogP contribution in [0.15, 0.2) is 23.0 Å². The maximum absolute atomic E-state index is 12.3. The van der Waals surface area contributed by atoms with Crippen LogP contribution in [-0.2, 0) is 11.2 Å². The Hall–Kier alpha value is -2.10. The van der Waals surface area contributed by atoms with Gasteiger partial charge in [-0.2, -0.15) is 0 Å². The summed E-state index contributed by atoms with van der Waals surface area (Å²) in [7, 11) is 0. The molecule has 1 heterocycles. The predicted molar refractivity (Wildman–Crippen MR) is 94.8 cm³/mol. The second kappa shape index (κ2) is 7.44. The molecule has 1 aromatic heterocycles. The van der Waals surface area contributed by atoms with Gasteiger partial charge in [-0.25, -0.2) is 0 Å². The second-order valence-corrected chi connectivity index (χ2v) is 6.15. The Balaban J connectivity index is 2.12. The summed E-state index contributed by atoms with van der Waals surface area (Å²) < 4.78 is 0. The summed E-state index contributed by atoms with van der Waals surface area (Å²) in [4.78, 5) is 27.2. The van der Waals surface area contributed by atoms with Gasteiger partial charge < -0.3 is 10.3 Å². The lowest BCUT2D eigenvalue weighted by molar-refractivity contribution is -0.125. The van der Waals surface area contributed by atoms with Crippen LogP contribution >= 0.6 is 0 Å². The number of benzene rings is 1. The number of carbonyl (C=O) groups excluding carboxylic acids is 1. The van der Waals surface area contributed by atoms with Crippen molar-refractivity contribution in [2.24, 2.45) is 5.92 Å². The van der Waals surface area contributed by atoms with E-state index in [1.54, 1.807) is 0 Å². The van der Waals surface area contributed by atoms with Gasteiger partial charge in [0.1, 0.15) is 0 Å². The van der Waals surface area contributed by atoms with Crippen molar-refractivity contribution < 1.29 is 4.79 Å². The molecule has 0 spiro atoms. The lowest BCUT2D eigenvalue weighted by atomic mass is 10.0. The maximum atomic E-state index is 12.3. The standard InChI is InChI=1S/C19H26N2O2/c1-5-14(6-2)18(22)20-10-9-16-11-15-8-7-12(3)13(4)17(15)21-19(16)23/h7-8,11,14H,5-6,9-10H2,1-4H3,(H,20,22)(H,21,23). The van der Waals surface area contributed by atoms with E-state index < -0.39 is 0 Å². The minimum atomic E-state index is -0.0667. The normalized spacial score (nSPS) is 11.2. The lowest BCUT2D eigenvalue weighted by Crippen LogP contribution is -2.32. The van der Waals surface area contributed by atoms with Crippen LogP contribution in [0.4, 0.5) is 0 Å². The van der Waals surface area contributed by atoms with Gasteiger partial charge in [0.05, 0.1) is 5.52 Å². The quantitative estimate of drug-likeness (QED) is 0.860. The Labute approximate surface area is 137 Å². The van der Waals surface area contributed by atoms with Crippen molar-refractivity contribution in [2.75, 3.05) is 6.54 Å². The zero-order chi connectivity index (χ0) is 17.0. The number of aryl methyl sites for hydroxylation is 2. The third-order valence-corrected chi connectivity index (χ3v) is 4.68. The van der Waals surface area contributed by atoms with E-state index >= 15 is 0 Å². The van der Waals surface area contributed by atoms with Crippen molar-refractivity contribution in [1.82, 2.24) is 10.3 Å². The fourth-order valence-corrected chi connectivity index (χ4v) is 2.88. The molecular formula is C19H26N2O2. The van der Waals surface area contributed by atoms with Crippen molar-refractivity contribution in [1.29, 1.82) is 0 Å². The maximum Gasteiger partial charge on any atom is 0.251 e. The molecule has 2 rings (SSSR count). The summed E-state index contributed by atoms with van der Waals surface area (Å²) in [6.45, 7) is 8.59. The number of nitrogens with one attached hydrogen (secondary N) is 2. The molecule has 0 bridgehead atoms. The van der Waals surface area contributed by atoms with Gasteiger partial charge in [0.2, 0.25) is 5.91 Å². The first-order valence-electron chi connectivity index (χ1n) is 8.37.